The van der Waals surface area contributed by atoms with Crippen LogP contribution in [-0.4, -0.2) is 39.5 Å². The molecule has 1 saturated heterocycles. The van der Waals surface area contributed by atoms with Crippen molar-refractivity contribution in [2.75, 3.05) is 6.54 Å². The summed E-state index contributed by atoms with van der Waals surface area (Å²) >= 11 is 0. The molecule has 5 nitrogen and oxygen atoms in total. The van der Waals surface area contributed by atoms with Crippen LogP contribution in [-0.2, 0) is 4.79 Å². The van der Waals surface area contributed by atoms with Crippen molar-refractivity contribution in [1.29, 1.82) is 0 Å². The minimum atomic E-state index is -1.03. The van der Waals surface area contributed by atoms with Crippen molar-refractivity contribution < 1.29 is 19.1 Å². The second-order valence-electron chi connectivity index (χ2n) is 5.70. The third-order valence-electron chi connectivity index (χ3n) is 3.74. The lowest BCUT2D eigenvalue weighted by atomic mass is 9.76. The number of pyridine rings is 1. The quantitative estimate of drug-likeness (QED) is 0.840. The topological polar surface area (TPSA) is 70.5 Å². The van der Waals surface area contributed by atoms with Gasteiger partial charge >= 0.3 is 5.97 Å². The normalized spacial score (nSPS) is 21.6. The van der Waals surface area contributed by atoms with Crippen molar-refractivity contribution in [3.63, 3.8) is 0 Å². The minimum absolute atomic E-state index is 0.126. The predicted octanol–water partition coefficient (Wildman–Crippen LogP) is 1.94. The van der Waals surface area contributed by atoms with Gasteiger partial charge in [-0.1, -0.05) is 13.8 Å². The number of halogens is 1. The largest absolute Gasteiger partial charge is 0.480 e. The summed E-state index contributed by atoms with van der Waals surface area (Å²) in [6.45, 7) is 4.03. The molecule has 2 rings (SSSR count). The number of carbonyl (C=O) groups excluding carboxylic acids is 1. The van der Waals surface area contributed by atoms with Gasteiger partial charge < -0.3 is 10.0 Å². The number of carboxylic acids is 1. The van der Waals surface area contributed by atoms with Gasteiger partial charge in [-0.3, -0.25) is 4.79 Å². The van der Waals surface area contributed by atoms with E-state index >= 15 is 0 Å². The molecule has 0 saturated carbocycles. The Morgan fingerprint density at radius 1 is 1.50 bits per heavy atom. The Morgan fingerprint density at radius 2 is 2.20 bits per heavy atom. The number of carboxylic acid groups (broad SMARTS) is 1. The van der Waals surface area contributed by atoms with Gasteiger partial charge in [-0.2, -0.15) is 4.39 Å². The fourth-order valence-electron chi connectivity index (χ4n) is 2.78. The van der Waals surface area contributed by atoms with E-state index in [2.05, 4.69) is 4.98 Å². The standard InChI is InChI=1S/C14H17FN2O3/c1-14(2)5-3-7-17(11(14)13(19)20)12(18)9-4-6-16-10(15)8-9/h4,6,8,11H,3,5,7H2,1-2H3,(H,19,20). The van der Waals surface area contributed by atoms with E-state index in [4.69, 9.17) is 0 Å². The summed E-state index contributed by atoms with van der Waals surface area (Å²) in [5, 5.41) is 9.41. The highest BCUT2D eigenvalue weighted by Gasteiger charge is 2.44. The summed E-state index contributed by atoms with van der Waals surface area (Å²) in [6.07, 6.45) is 2.67. The first-order chi connectivity index (χ1) is 9.33. The molecule has 1 amide bonds. The maximum Gasteiger partial charge on any atom is 0.326 e. The number of nitrogens with zero attached hydrogens (tertiary/aromatic N) is 2. The maximum atomic E-state index is 13.1. The Bertz CT molecular complexity index is 545. The molecule has 2 heterocycles. The van der Waals surface area contributed by atoms with Crippen LogP contribution in [0.1, 0.15) is 37.0 Å². The summed E-state index contributed by atoms with van der Waals surface area (Å²) in [5.41, 5.74) is -0.382. The van der Waals surface area contributed by atoms with Gasteiger partial charge in [-0.05, 0) is 24.3 Å². The highest BCUT2D eigenvalue weighted by molar-refractivity contribution is 5.96. The number of hydrogen-bond donors (Lipinski definition) is 1. The van der Waals surface area contributed by atoms with Crippen molar-refractivity contribution in [3.05, 3.63) is 29.8 Å². The molecule has 0 radical (unpaired) electrons. The lowest BCUT2D eigenvalue weighted by Crippen LogP contribution is -2.56. The summed E-state index contributed by atoms with van der Waals surface area (Å²) in [5.74, 6) is -2.25. The molecule has 1 aliphatic heterocycles. The molecule has 1 atom stereocenters. The van der Waals surface area contributed by atoms with Crippen LogP contribution in [0.25, 0.3) is 0 Å². The zero-order valence-corrected chi connectivity index (χ0v) is 11.5. The van der Waals surface area contributed by atoms with Gasteiger partial charge in [0.15, 0.2) is 0 Å². The predicted molar refractivity (Wildman–Crippen MR) is 69.7 cm³/mol. The van der Waals surface area contributed by atoms with Crippen LogP contribution in [0.5, 0.6) is 0 Å². The van der Waals surface area contributed by atoms with E-state index in [1.807, 2.05) is 13.8 Å². The van der Waals surface area contributed by atoms with Gasteiger partial charge in [-0.15, -0.1) is 0 Å². The molecule has 0 aromatic carbocycles. The van der Waals surface area contributed by atoms with E-state index in [9.17, 15) is 19.1 Å². The fourth-order valence-corrected chi connectivity index (χ4v) is 2.78. The molecule has 1 aromatic heterocycles. The number of carbonyl (C=O) groups is 2. The van der Waals surface area contributed by atoms with Crippen LogP contribution in [0.3, 0.4) is 0 Å². The molecule has 0 spiro atoms. The van der Waals surface area contributed by atoms with Crippen LogP contribution >= 0.6 is 0 Å². The molecule has 20 heavy (non-hydrogen) atoms. The van der Waals surface area contributed by atoms with Crippen LogP contribution in [0, 0.1) is 11.4 Å². The van der Waals surface area contributed by atoms with Gasteiger partial charge in [0, 0.05) is 24.4 Å². The number of hydrogen-bond acceptors (Lipinski definition) is 3. The van der Waals surface area contributed by atoms with Crippen LogP contribution < -0.4 is 0 Å². The van der Waals surface area contributed by atoms with Gasteiger partial charge in [0.2, 0.25) is 5.95 Å². The van der Waals surface area contributed by atoms with E-state index in [0.717, 1.165) is 18.9 Å². The Labute approximate surface area is 116 Å². The Morgan fingerprint density at radius 3 is 2.80 bits per heavy atom. The first-order valence-electron chi connectivity index (χ1n) is 6.48. The Balaban J connectivity index is 2.34. The van der Waals surface area contributed by atoms with E-state index in [1.54, 1.807) is 0 Å². The van der Waals surface area contributed by atoms with Gasteiger partial charge in [0.25, 0.3) is 5.91 Å². The zero-order valence-electron chi connectivity index (χ0n) is 11.5. The van der Waals surface area contributed by atoms with Gasteiger partial charge in [-0.25, -0.2) is 9.78 Å². The van der Waals surface area contributed by atoms with Crippen molar-refractivity contribution >= 4 is 11.9 Å². The molecular weight excluding hydrogens is 263 g/mol. The number of aromatic nitrogens is 1. The highest BCUT2D eigenvalue weighted by atomic mass is 19.1. The second kappa shape index (κ2) is 5.19. The maximum absolute atomic E-state index is 13.1. The molecule has 1 aliphatic rings. The molecule has 6 heteroatoms. The number of aliphatic carboxylic acids is 1. The fraction of sp³-hybridized carbons (Fsp3) is 0.500. The molecule has 0 bridgehead atoms. The Kier molecular flexibility index (Phi) is 3.74. The molecule has 0 aliphatic carbocycles. The molecule has 108 valence electrons. The highest BCUT2D eigenvalue weighted by Crippen LogP contribution is 2.36. The first kappa shape index (κ1) is 14.4. The van der Waals surface area contributed by atoms with E-state index < -0.39 is 29.3 Å². The molecule has 1 fully saturated rings. The second-order valence-corrected chi connectivity index (χ2v) is 5.70. The number of piperidine rings is 1. The Hall–Kier alpha value is -1.98. The summed E-state index contributed by atoms with van der Waals surface area (Å²) in [4.78, 5) is 28.6. The smallest absolute Gasteiger partial charge is 0.326 e. The number of likely N-dealkylation sites (tertiary alicyclic amines) is 1. The van der Waals surface area contributed by atoms with Gasteiger partial charge in [0.05, 0.1) is 0 Å². The summed E-state index contributed by atoms with van der Waals surface area (Å²) < 4.78 is 13.1. The van der Waals surface area contributed by atoms with Crippen molar-refractivity contribution in [2.24, 2.45) is 5.41 Å². The average molecular weight is 280 g/mol. The third kappa shape index (κ3) is 2.64. The van der Waals surface area contributed by atoms with Crippen LogP contribution in [0.15, 0.2) is 18.3 Å². The van der Waals surface area contributed by atoms with Crippen LogP contribution in [0.4, 0.5) is 4.39 Å². The summed E-state index contributed by atoms with van der Waals surface area (Å²) in [6, 6.07) is 1.52. The zero-order chi connectivity index (χ0) is 14.9. The lowest BCUT2D eigenvalue weighted by Gasteiger charge is -2.44. The number of rotatable bonds is 2. The first-order valence-corrected chi connectivity index (χ1v) is 6.48. The van der Waals surface area contributed by atoms with Crippen molar-refractivity contribution in [3.8, 4) is 0 Å². The van der Waals surface area contributed by atoms with E-state index in [-0.39, 0.29) is 5.56 Å². The molecule has 1 aromatic rings. The average Bonchev–Trinajstić information content (AvgIpc) is 2.35. The van der Waals surface area contributed by atoms with E-state index in [1.165, 1.54) is 17.2 Å². The molecule has 1 unspecified atom stereocenters. The summed E-state index contributed by atoms with van der Waals surface area (Å²) in [7, 11) is 0. The van der Waals surface area contributed by atoms with Crippen molar-refractivity contribution in [2.45, 2.75) is 32.7 Å². The monoisotopic (exact) mass is 280 g/mol. The molecule has 1 N–H and O–H groups in total. The number of amides is 1. The minimum Gasteiger partial charge on any atom is -0.480 e. The molecular formula is C14H17FN2O3. The van der Waals surface area contributed by atoms with E-state index in [0.29, 0.717) is 6.54 Å². The third-order valence-corrected chi connectivity index (χ3v) is 3.74. The van der Waals surface area contributed by atoms with Crippen molar-refractivity contribution in [1.82, 2.24) is 9.88 Å². The van der Waals surface area contributed by atoms with Gasteiger partial charge in [0.1, 0.15) is 6.04 Å². The SMILES string of the molecule is CC1(C)CCCN(C(=O)c2ccnc(F)c2)C1C(=O)O. The van der Waals surface area contributed by atoms with Crippen LogP contribution in [0.2, 0.25) is 0 Å². The lowest BCUT2D eigenvalue weighted by molar-refractivity contribution is -0.148.